The molecule has 1 aliphatic heterocycles. The Bertz CT molecular complexity index is 291. The van der Waals surface area contributed by atoms with Gasteiger partial charge in [-0.05, 0) is 11.6 Å². The Morgan fingerprint density at radius 1 is 1.40 bits per heavy atom. The van der Waals surface area contributed by atoms with E-state index in [9.17, 15) is 5.11 Å². The summed E-state index contributed by atoms with van der Waals surface area (Å²) in [6.07, 6.45) is 1.71. The Labute approximate surface area is 58.8 Å². The molecule has 0 bridgehead atoms. The van der Waals surface area contributed by atoms with Gasteiger partial charge in [0.15, 0.2) is 0 Å². The number of fused-ring (bicyclic) bond motifs is 1. The van der Waals surface area contributed by atoms with Gasteiger partial charge >= 0.3 is 0 Å². The molecule has 0 saturated carbocycles. The van der Waals surface area contributed by atoms with Crippen molar-refractivity contribution in [3.63, 3.8) is 0 Å². The predicted molar refractivity (Wildman–Crippen MR) is 39.4 cm³/mol. The lowest BCUT2D eigenvalue weighted by atomic mass is 10.1. The molecular formula is C8H7NO. The molecule has 0 unspecified atom stereocenters. The zero-order chi connectivity index (χ0) is 6.97. The summed E-state index contributed by atoms with van der Waals surface area (Å²) in [7, 11) is 0. The molecule has 0 spiro atoms. The molecule has 0 fully saturated rings. The van der Waals surface area contributed by atoms with Gasteiger partial charge in [-0.1, -0.05) is 12.1 Å². The molecule has 2 heteroatoms. The monoisotopic (exact) mass is 133 g/mol. The van der Waals surface area contributed by atoms with Gasteiger partial charge in [-0.25, -0.2) is 0 Å². The second kappa shape index (κ2) is 1.84. The first kappa shape index (κ1) is 5.47. The van der Waals surface area contributed by atoms with Gasteiger partial charge in [0, 0.05) is 11.8 Å². The highest BCUT2D eigenvalue weighted by Gasteiger charge is 2.08. The minimum Gasteiger partial charge on any atom is -0.507 e. The van der Waals surface area contributed by atoms with Crippen LogP contribution in [0.1, 0.15) is 11.1 Å². The average molecular weight is 133 g/mol. The average Bonchev–Trinajstić information content (AvgIpc) is 2.36. The van der Waals surface area contributed by atoms with Gasteiger partial charge in [-0.3, -0.25) is 4.99 Å². The zero-order valence-corrected chi connectivity index (χ0v) is 5.41. The minimum absolute atomic E-state index is 0.332. The Hall–Kier alpha value is -1.31. The fraction of sp³-hybridized carbons (Fsp3) is 0.125. The molecule has 50 valence electrons. The highest BCUT2D eigenvalue weighted by Crippen LogP contribution is 2.22. The predicted octanol–water partition coefficient (Wildman–Crippen LogP) is 1.32. The Kier molecular flexibility index (Phi) is 1.01. The van der Waals surface area contributed by atoms with Crippen LogP contribution < -0.4 is 0 Å². The van der Waals surface area contributed by atoms with E-state index in [4.69, 9.17) is 0 Å². The number of rotatable bonds is 0. The van der Waals surface area contributed by atoms with Gasteiger partial charge in [0.1, 0.15) is 5.75 Å². The van der Waals surface area contributed by atoms with E-state index in [1.807, 2.05) is 12.1 Å². The molecule has 0 atom stereocenters. The first-order valence-electron chi connectivity index (χ1n) is 3.18. The quantitative estimate of drug-likeness (QED) is 0.568. The van der Waals surface area contributed by atoms with E-state index < -0.39 is 0 Å². The fourth-order valence-corrected chi connectivity index (χ4v) is 1.12. The molecule has 1 aromatic carbocycles. The summed E-state index contributed by atoms with van der Waals surface area (Å²) >= 11 is 0. The van der Waals surface area contributed by atoms with Crippen LogP contribution in [0.4, 0.5) is 0 Å². The van der Waals surface area contributed by atoms with Crippen molar-refractivity contribution >= 4 is 6.21 Å². The third-order valence-electron chi connectivity index (χ3n) is 1.66. The highest BCUT2D eigenvalue weighted by molar-refractivity contribution is 5.87. The molecule has 0 aliphatic carbocycles. The van der Waals surface area contributed by atoms with Gasteiger partial charge in [0.2, 0.25) is 0 Å². The molecular weight excluding hydrogens is 126 g/mol. The number of aliphatic imine (C=N–C) groups is 1. The molecule has 1 aliphatic rings. The van der Waals surface area contributed by atoms with Crippen molar-refractivity contribution in [1.82, 2.24) is 0 Å². The second-order valence-corrected chi connectivity index (χ2v) is 2.32. The maximum absolute atomic E-state index is 9.24. The third kappa shape index (κ3) is 0.620. The number of benzene rings is 1. The van der Waals surface area contributed by atoms with Crippen LogP contribution >= 0.6 is 0 Å². The lowest BCUT2D eigenvalue weighted by molar-refractivity contribution is 0.474. The van der Waals surface area contributed by atoms with E-state index in [1.165, 1.54) is 0 Å². The summed E-state index contributed by atoms with van der Waals surface area (Å²) in [6.45, 7) is 0.712. The van der Waals surface area contributed by atoms with E-state index in [0.29, 0.717) is 12.3 Å². The number of aromatic hydroxyl groups is 1. The number of hydrogen-bond acceptors (Lipinski definition) is 2. The first-order valence-corrected chi connectivity index (χ1v) is 3.18. The van der Waals surface area contributed by atoms with E-state index in [0.717, 1.165) is 11.1 Å². The van der Waals surface area contributed by atoms with Crippen molar-refractivity contribution in [2.45, 2.75) is 6.54 Å². The smallest absolute Gasteiger partial charge is 0.124 e. The van der Waals surface area contributed by atoms with Crippen molar-refractivity contribution in [1.29, 1.82) is 0 Å². The highest BCUT2D eigenvalue weighted by atomic mass is 16.3. The third-order valence-corrected chi connectivity index (χ3v) is 1.66. The number of phenols is 1. The van der Waals surface area contributed by atoms with Crippen molar-refractivity contribution in [3.8, 4) is 5.75 Å². The van der Waals surface area contributed by atoms with Crippen LogP contribution in [0.2, 0.25) is 0 Å². The summed E-state index contributed by atoms with van der Waals surface area (Å²) in [5.41, 5.74) is 1.99. The van der Waals surface area contributed by atoms with Crippen molar-refractivity contribution in [2.24, 2.45) is 4.99 Å². The van der Waals surface area contributed by atoms with Gasteiger partial charge in [0.05, 0.1) is 6.54 Å². The molecule has 2 rings (SSSR count). The molecule has 2 nitrogen and oxygen atoms in total. The maximum atomic E-state index is 9.24. The molecule has 1 aromatic rings. The van der Waals surface area contributed by atoms with Gasteiger partial charge in [0.25, 0.3) is 0 Å². The lowest BCUT2D eigenvalue weighted by Crippen LogP contribution is -1.82. The summed E-state index contributed by atoms with van der Waals surface area (Å²) in [5, 5.41) is 9.24. The molecule has 0 amide bonds. The van der Waals surface area contributed by atoms with Crippen LogP contribution in [0.5, 0.6) is 5.75 Å². The van der Waals surface area contributed by atoms with Gasteiger partial charge in [-0.15, -0.1) is 0 Å². The van der Waals surface area contributed by atoms with Crippen LogP contribution in [-0.4, -0.2) is 11.3 Å². The van der Waals surface area contributed by atoms with Gasteiger partial charge in [-0.2, -0.15) is 0 Å². The van der Waals surface area contributed by atoms with Crippen LogP contribution in [0.3, 0.4) is 0 Å². The Balaban J connectivity index is 2.67. The standard InChI is InChI=1S/C8H7NO/c10-8-3-1-2-6-4-9-5-7(6)8/h1-3,5,10H,4H2. The van der Waals surface area contributed by atoms with Crippen LogP contribution in [0, 0.1) is 0 Å². The molecule has 0 saturated heterocycles. The van der Waals surface area contributed by atoms with E-state index in [-0.39, 0.29) is 0 Å². The summed E-state index contributed by atoms with van der Waals surface area (Å²) in [5.74, 6) is 0.332. The molecule has 1 N–H and O–H groups in total. The van der Waals surface area contributed by atoms with Crippen molar-refractivity contribution < 1.29 is 5.11 Å². The summed E-state index contributed by atoms with van der Waals surface area (Å²) in [6, 6.07) is 5.49. The Morgan fingerprint density at radius 2 is 2.30 bits per heavy atom. The zero-order valence-electron chi connectivity index (χ0n) is 5.41. The van der Waals surface area contributed by atoms with E-state index >= 15 is 0 Å². The van der Waals surface area contributed by atoms with Crippen molar-refractivity contribution in [2.75, 3.05) is 0 Å². The topological polar surface area (TPSA) is 32.6 Å². The van der Waals surface area contributed by atoms with Crippen LogP contribution in [0.15, 0.2) is 23.2 Å². The first-order chi connectivity index (χ1) is 4.88. The summed E-state index contributed by atoms with van der Waals surface area (Å²) < 4.78 is 0. The van der Waals surface area contributed by atoms with E-state index in [2.05, 4.69) is 4.99 Å². The Morgan fingerprint density at radius 3 is 3.10 bits per heavy atom. The molecule has 10 heavy (non-hydrogen) atoms. The normalized spacial score (nSPS) is 13.6. The molecule has 0 aromatic heterocycles. The second-order valence-electron chi connectivity index (χ2n) is 2.32. The molecule has 1 heterocycles. The van der Waals surface area contributed by atoms with Crippen LogP contribution in [0.25, 0.3) is 0 Å². The number of phenolic OH excluding ortho intramolecular Hbond substituents is 1. The number of nitrogens with zero attached hydrogens (tertiary/aromatic N) is 1. The van der Waals surface area contributed by atoms with Crippen molar-refractivity contribution in [3.05, 3.63) is 29.3 Å². The van der Waals surface area contributed by atoms with E-state index in [1.54, 1.807) is 12.3 Å². The minimum atomic E-state index is 0.332. The SMILES string of the molecule is Oc1cccc2c1C=NC2. The lowest BCUT2D eigenvalue weighted by Gasteiger charge is -1.97. The molecule has 0 radical (unpaired) electrons. The maximum Gasteiger partial charge on any atom is 0.124 e. The summed E-state index contributed by atoms with van der Waals surface area (Å²) in [4.78, 5) is 4.03. The van der Waals surface area contributed by atoms with Gasteiger partial charge < -0.3 is 5.11 Å². The van der Waals surface area contributed by atoms with Crippen LogP contribution in [-0.2, 0) is 6.54 Å². The largest absolute Gasteiger partial charge is 0.507 e. The number of hydrogen-bond donors (Lipinski definition) is 1. The fourth-order valence-electron chi connectivity index (χ4n) is 1.12.